The number of rotatable bonds is 7. The average molecular weight is 452 g/mol. The quantitative estimate of drug-likeness (QED) is 0.433. The van der Waals surface area contributed by atoms with Gasteiger partial charge in [0, 0.05) is 29.9 Å². The maximum Gasteiger partial charge on any atom is 0.132 e. The molecule has 1 aliphatic rings. The Balaban J connectivity index is 1.55. The molecule has 3 aromatic rings. The molecule has 1 N–H and O–H groups in total. The van der Waals surface area contributed by atoms with E-state index in [0.29, 0.717) is 13.2 Å². The van der Waals surface area contributed by atoms with Gasteiger partial charge in [0.15, 0.2) is 0 Å². The molecule has 4 rings (SSSR count). The summed E-state index contributed by atoms with van der Waals surface area (Å²) in [6.45, 7) is 7.39. The lowest BCUT2D eigenvalue weighted by molar-refractivity contribution is -0.159. The van der Waals surface area contributed by atoms with Crippen molar-refractivity contribution in [1.29, 1.82) is 0 Å². The van der Waals surface area contributed by atoms with Gasteiger partial charge in [-0.2, -0.15) is 0 Å². The van der Waals surface area contributed by atoms with Crippen molar-refractivity contribution >= 4 is 17.3 Å². The Hall–Kier alpha value is -2.53. The summed E-state index contributed by atoms with van der Waals surface area (Å²) in [7, 11) is 1.73. The van der Waals surface area contributed by atoms with Crippen molar-refractivity contribution in [2.24, 2.45) is 0 Å². The van der Waals surface area contributed by atoms with Crippen LogP contribution in [0.4, 0.5) is 5.69 Å². The number of anilines is 1. The number of fused-ring (bicyclic) bond motifs is 1. The van der Waals surface area contributed by atoms with Crippen molar-refractivity contribution in [2.45, 2.75) is 51.7 Å². The summed E-state index contributed by atoms with van der Waals surface area (Å²) in [6.07, 6.45) is -0.506. The van der Waals surface area contributed by atoms with Gasteiger partial charge in [-0.1, -0.05) is 48.0 Å². The number of hydrogen-bond donors (Lipinski definition) is 1. The molecule has 1 heterocycles. The summed E-state index contributed by atoms with van der Waals surface area (Å²) in [5.74, 6) is 0.825. The first-order valence-corrected chi connectivity index (χ1v) is 11.3. The van der Waals surface area contributed by atoms with Crippen LogP contribution in [0.15, 0.2) is 66.7 Å². The lowest BCUT2D eigenvalue weighted by atomic mass is 9.87. The molecule has 2 atom stereocenters. The lowest BCUT2D eigenvalue weighted by Crippen LogP contribution is -2.50. The first-order valence-electron chi connectivity index (χ1n) is 10.9. The third-order valence-electron chi connectivity index (χ3n) is 5.97. The fraction of sp³-hybridized carbons (Fsp3) is 0.333. The maximum absolute atomic E-state index is 6.42. The van der Waals surface area contributed by atoms with E-state index in [-0.39, 0.29) is 12.2 Å². The average Bonchev–Trinajstić information content (AvgIpc) is 2.76. The summed E-state index contributed by atoms with van der Waals surface area (Å²) in [4.78, 5) is 0. The fourth-order valence-corrected chi connectivity index (χ4v) is 4.40. The summed E-state index contributed by atoms with van der Waals surface area (Å²) >= 11 is 6.11. The van der Waals surface area contributed by atoms with Crippen LogP contribution in [-0.2, 0) is 22.6 Å². The van der Waals surface area contributed by atoms with Gasteiger partial charge in [-0.25, -0.2) is 0 Å². The molecule has 32 heavy (non-hydrogen) atoms. The molecule has 0 spiro atoms. The van der Waals surface area contributed by atoms with Crippen LogP contribution in [0, 0.1) is 6.92 Å². The van der Waals surface area contributed by atoms with Crippen molar-refractivity contribution in [2.75, 3.05) is 12.4 Å². The normalized spacial score (nSPS) is 19.2. The maximum atomic E-state index is 6.42. The van der Waals surface area contributed by atoms with E-state index >= 15 is 0 Å². The van der Waals surface area contributed by atoms with Gasteiger partial charge in [0.2, 0.25) is 0 Å². The molecule has 168 valence electrons. The second kappa shape index (κ2) is 9.53. The summed E-state index contributed by atoms with van der Waals surface area (Å²) in [5.41, 5.74) is 4.94. The van der Waals surface area contributed by atoms with E-state index in [1.165, 1.54) is 11.1 Å². The van der Waals surface area contributed by atoms with E-state index in [1.54, 1.807) is 7.11 Å². The monoisotopic (exact) mass is 451 g/mol. The van der Waals surface area contributed by atoms with Gasteiger partial charge in [-0.05, 0) is 67.8 Å². The van der Waals surface area contributed by atoms with E-state index in [0.717, 1.165) is 27.6 Å². The molecule has 0 amide bonds. The zero-order chi connectivity index (χ0) is 22.7. The van der Waals surface area contributed by atoms with Gasteiger partial charge in [0.05, 0.1) is 6.61 Å². The minimum atomic E-state index is -0.536. The van der Waals surface area contributed by atoms with Crippen LogP contribution in [0.2, 0.25) is 5.02 Å². The second-order valence-electron chi connectivity index (χ2n) is 8.76. The molecule has 0 fully saturated rings. The molecule has 2 unspecified atom stereocenters. The molecule has 3 aromatic carbocycles. The number of hydrogen-bond acceptors (Lipinski definition) is 4. The zero-order valence-corrected chi connectivity index (χ0v) is 19.8. The van der Waals surface area contributed by atoms with Gasteiger partial charge in [0.1, 0.15) is 23.6 Å². The van der Waals surface area contributed by atoms with E-state index in [1.807, 2.05) is 42.5 Å². The van der Waals surface area contributed by atoms with Crippen LogP contribution in [0.5, 0.6) is 5.75 Å². The van der Waals surface area contributed by atoms with Gasteiger partial charge in [0.25, 0.3) is 0 Å². The Morgan fingerprint density at radius 1 is 1.03 bits per heavy atom. The van der Waals surface area contributed by atoms with Crippen LogP contribution in [0.1, 0.15) is 42.2 Å². The number of nitrogens with one attached hydrogen (secondary N) is 1. The van der Waals surface area contributed by atoms with Gasteiger partial charge in [-0.15, -0.1) is 0 Å². The molecule has 0 saturated carbocycles. The van der Waals surface area contributed by atoms with E-state index in [9.17, 15) is 0 Å². The third-order valence-corrected chi connectivity index (χ3v) is 6.20. The molecule has 0 saturated heterocycles. The lowest BCUT2D eigenvalue weighted by Gasteiger charge is -2.44. The summed E-state index contributed by atoms with van der Waals surface area (Å²) in [6, 6.07) is 22.2. The standard InChI is InChI=1S/C27H30ClNO3/c1-18-8-5-6-10-20(18)17-31-26-25(30-4)23-15-22(12-13-24(23)32-27(26,2)3)29-16-19-9-7-11-21(28)14-19/h5-15,25-26,29H,16-17H2,1-4H3. The predicted molar refractivity (Wildman–Crippen MR) is 129 cm³/mol. The van der Waals surface area contributed by atoms with Crippen LogP contribution in [0.25, 0.3) is 0 Å². The highest BCUT2D eigenvalue weighted by atomic mass is 35.5. The first kappa shape index (κ1) is 22.7. The van der Waals surface area contributed by atoms with Gasteiger partial charge < -0.3 is 19.5 Å². The summed E-state index contributed by atoms with van der Waals surface area (Å²) in [5, 5.41) is 4.21. The minimum absolute atomic E-state index is 0.245. The van der Waals surface area contributed by atoms with Crippen LogP contribution >= 0.6 is 11.6 Å². The van der Waals surface area contributed by atoms with Crippen molar-refractivity contribution < 1.29 is 14.2 Å². The van der Waals surface area contributed by atoms with Crippen molar-refractivity contribution in [3.8, 4) is 5.75 Å². The number of ether oxygens (including phenoxy) is 3. The molecule has 0 aliphatic carbocycles. The van der Waals surface area contributed by atoms with Crippen LogP contribution in [0.3, 0.4) is 0 Å². The van der Waals surface area contributed by atoms with E-state index < -0.39 is 5.60 Å². The largest absolute Gasteiger partial charge is 0.485 e. The highest BCUT2D eigenvalue weighted by molar-refractivity contribution is 6.30. The Kier molecular flexibility index (Phi) is 6.75. The number of halogens is 1. The van der Waals surface area contributed by atoms with Crippen molar-refractivity contribution in [3.05, 3.63) is 94.0 Å². The SMILES string of the molecule is COC1c2cc(NCc3cccc(Cl)c3)ccc2OC(C)(C)C1OCc1ccccc1C. The molecular weight excluding hydrogens is 422 g/mol. The van der Waals surface area contributed by atoms with E-state index in [4.69, 9.17) is 25.8 Å². The Morgan fingerprint density at radius 2 is 1.84 bits per heavy atom. The van der Waals surface area contributed by atoms with Crippen molar-refractivity contribution in [1.82, 2.24) is 0 Å². The zero-order valence-electron chi connectivity index (χ0n) is 19.0. The summed E-state index contributed by atoms with van der Waals surface area (Å²) < 4.78 is 18.8. The molecule has 4 nitrogen and oxygen atoms in total. The molecule has 5 heteroatoms. The molecule has 0 radical (unpaired) electrons. The minimum Gasteiger partial charge on any atom is -0.485 e. The number of methoxy groups -OCH3 is 1. The smallest absolute Gasteiger partial charge is 0.132 e. The molecule has 1 aliphatic heterocycles. The van der Waals surface area contributed by atoms with Gasteiger partial charge >= 0.3 is 0 Å². The first-order chi connectivity index (χ1) is 15.4. The molecule has 0 bridgehead atoms. The second-order valence-corrected chi connectivity index (χ2v) is 9.19. The third kappa shape index (κ3) is 4.93. The van der Waals surface area contributed by atoms with Gasteiger partial charge in [-0.3, -0.25) is 0 Å². The Labute approximate surface area is 195 Å². The topological polar surface area (TPSA) is 39.7 Å². The molecule has 0 aromatic heterocycles. The van der Waals surface area contributed by atoms with E-state index in [2.05, 4.69) is 50.4 Å². The number of benzene rings is 3. The Bertz CT molecular complexity index is 1080. The predicted octanol–water partition coefficient (Wildman–Crippen LogP) is 6.70. The fourth-order valence-electron chi connectivity index (χ4n) is 4.18. The highest BCUT2D eigenvalue weighted by Crippen LogP contribution is 2.44. The Morgan fingerprint density at radius 3 is 2.59 bits per heavy atom. The highest BCUT2D eigenvalue weighted by Gasteiger charge is 2.45. The molecular formula is C27H30ClNO3. The van der Waals surface area contributed by atoms with Crippen molar-refractivity contribution in [3.63, 3.8) is 0 Å². The van der Waals surface area contributed by atoms with Crippen LogP contribution in [-0.4, -0.2) is 18.8 Å². The number of aryl methyl sites for hydroxylation is 1. The van der Waals surface area contributed by atoms with Crippen LogP contribution < -0.4 is 10.1 Å².